The lowest BCUT2D eigenvalue weighted by atomic mass is 9.64. The van der Waals surface area contributed by atoms with Crippen molar-refractivity contribution in [2.75, 3.05) is 5.32 Å². The Hall–Kier alpha value is -1.90. The molecule has 0 saturated carbocycles. The largest absolute Gasteiger partial charge is 0.380 e. The van der Waals surface area contributed by atoms with E-state index in [9.17, 15) is 4.79 Å². The molecule has 1 aromatic carbocycles. The molecule has 1 aliphatic carbocycles. The highest BCUT2D eigenvalue weighted by molar-refractivity contribution is 6.15. The van der Waals surface area contributed by atoms with Crippen LogP contribution >= 0.6 is 0 Å². The molecular weight excluding hydrogens is 248 g/mol. The van der Waals surface area contributed by atoms with Crippen molar-refractivity contribution in [1.82, 2.24) is 0 Å². The zero-order chi connectivity index (χ0) is 14.0. The number of allylic oxidation sites excluding steroid dienone is 1. The van der Waals surface area contributed by atoms with Crippen molar-refractivity contribution in [3.8, 4) is 0 Å². The minimum Gasteiger partial charge on any atom is -0.380 e. The van der Waals surface area contributed by atoms with Crippen LogP contribution in [0.5, 0.6) is 0 Å². The predicted molar refractivity (Wildman–Crippen MR) is 80.3 cm³/mol. The Morgan fingerprint density at radius 1 is 1.30 bits per heavy atom. The summed E-state index contributed by atoms with van der Waals surface area (Å²) in [6, 6.07) is 8.43. The lowest BCUT2D eigenvalue weighted by Crippen LogP contribution is -2.51. The van der Waals surface area contributed by atoms with Crippen LogP contribution in [0.4, 0.5) is 5.69 Å². The molecule has 3 aliphatic rings. The summed E-state index contributed by atoms with van der Waals surface area (Å²) in [6.07, 6.45) is 5.37. The van der Waals surface area contributed by atoms with Gasteiger partial charge in [-0.3, -0.25) is 9.79 Å². The average molecular weight is 266 g/mol. The lowest BCUT2D eigenvalue weighted by Gasteiger charge is -2.44. The van der Waals surface area contributed by atoms with Crippen LogP contribution in [0.25, 0.3) is 0 Å². The van der Waals surface area contributed by atoms with Gasteiger partial charge in [0.2, 0.25) is 0 Å². The molecule has 1 spiro atoms. The molecule has 1 aromatic rings. The first-order valence-electron chi connectivity index (χ1n) is 7.19. The van der Waals surface area contributed by atoms with Crippen molar-refractivity contribution >= 4 is 17.2 Å². The number of ketones is 1. The van der Waals surface area contributed by atoms with Crippen molar-refractivity contribution in [2.24, 2.45) is 10.4 Å². The fourth-order valence-electron chi connectivity index (χ4n) is 3.98. The summed E-state index contributed by atoms with van der Waals surface area (Å²) in [5.41, 5.74) is 3.26. The lowest BCUT2D eigenvalue weighted by molar-refractivity contribution is -0.115. The third kappa shape index (κ3) is 1.46. The molecule has 20 heavy (non-hydrogen) atoms. The van der Waals surface area contributed by atoms with E-state index in [4.69, 9.17) is 4.99 Å². The summed E-state index contributed by atoms with van der Waals surface area (Å²) >= 11 is 0. The first-order valence-corrected chi connectivity index (χ1v) is 7.19. The van der Waals surface area contributed by atoms with Gasteiger partial charge in [-0.2, -0.15) is 0 Å². The zero-order valence-corrected chi connectivity index (χ0v) is 11.8. The van der Waals surface area contributed by atoms with E-state index in [0.717, 1.165) is 17.8 Å². The minimum atomic E-state index is -0.119. The van der Waals surface area contributed by atoms with Crippen molar-refractivity contribution in [3.05, 3.63) is 42.0 Å². The fourth-order valence-corrected chi connectivity index (χ4v) is 3.98. The normalized spacial score (nSPS) is 32.8. The molecule has 2 heterocycles. The monoisotopic (exact) mass is 266 g/mol. The molecule has 0 amide bonds. The van der Waals surface area contributed by atoms with Crippen molar-refractivity contribution in [2.45, 2.75) is 38.3 Å². The molecule has 4 rings (SSSR count). The highest BCUT2D eigenvalue weighted by atomic mass is 16.1. The Balaban J connectivity index is 1.97. The van der Waals surface area contributed by atoms with Crippen LogP contribution in [-0.2, 0) is 4.79 Å². The summed E-state index contributed by atoms with van der Waals surface area (Å²) in [4.78, 5) is 16.8. The first-order chi connectivity index (χ1) is 9.50. The van der Waals surface area contributed by atoms with Crippen LogP contribution in [0.15, 0.2) is 41.4 Å². The van der Waals surface area contributed by atoms with E-state index in [1.807, 2.05) is 6.07 Å². The molecule has 0 unspecified atom stereocenters. The van der Waals surface area contributed by atoms with Gasteiger partial charge in [0.15, 0.2) is 5.78 Å². The average Bonchev–Trinajstić information content (AvgIpc) is 2.68. The number of rotatable bonds is 0. The number of anilines is 1. The summed E-state index contributed by atoms with van der Waals surface area (Å²) in [5.74, 6) is 0.205. The standard InChI is InChI=1S/C17H18N2O/c1-16(2)10-17-8-7-11(20)9-14(17)18-13-6-4-3-5-12(13)15(17)19-16/h3-8,14,18H,9-10H2,1-2H3/t14-,17-/m1/s1. The van der Waals surface area contributed by atoms with Crippen molar-refractivity contribution in [1.29, 1.82) is 0 Å². The smallest absolute Gasteiger partial charge is 0.157 e. The quantitative estimate of drug-likeness (QED) is 0.784. The van der Waals surface area contributed by atoms with Gasteiger partial charge < -0.3 is 5.32 Å². The zero-order valence-electron chi connectivity index (χ0n) is 11.8. The molecule has 2 atom stereocenters. The Bertz CT molecular complexity index is 671. The predicted octanol–water partition coefficient (Wildman–Crippen LogP) is 2.97. The van der Waals surface area contributed by atoms with Crippen molar-refractivity contribution in [3.63, 3.8) is 0 Å². The minimum absolute atomic E-state index is 0.0720. The number of hydrogen-bond donors (Lipinski definition) is 1. The molecule has 0 bridgehead atoms. The Morgan fingerprint density at radius 3 is 2.95 bits per heavy atom. The van der Waals surface area contributed by atoms with Gasteiger partial charge in [-0.1, -0.05) is 24.3 Å². The third-order valence-corrected chi connectivity index (χ3v) is 4.69. The number of aliphatic imine (C=N–C) groups is 1. The summed E-state index contributed by atoms with van der Waals surface area (Å²) in [5, 5.41) is 3.58. The number of para-hydroxylation sites is 1. The number of hydrogen-bond acceptors (Lipinski definition) is 3. The maximum absolute atomic E-state index is 11.8. The molecule has 0 aromatic heterocycles. The van der Waals surface area contributed by atoms with Crippen LogP contribution in [0, 0.1) is 5.41 Å². The molecule has 3 heteroatoms. The van der Waals surface area contributed by atoms with Crippen LogP contribution in [0.2, 0.25) is 0 Å². The van der Waals surface area contributed by atoms with E-state index in [-0.39, 0.29) is 22.8 Å². The van der Waals surface area contributed by atoms with Gasteiger partial charge in [-0.25, -0.2) is 0 Å². The second-order valence-corrected chi connectivity index (χ2v) is 6.74. The Kier molecular flexibility index (Phi) is 2.14. The molecule has 2 aliphatic heterocycles. The molecule has 0 radical (unpaired) electrons. The van der Waals surface area contributed by atoms with Gasteiger partial charge >= 0.3 is 0 Å². The van der Waals surface area contributed by atoms with Gasteiger partial charge in [0.05, 0.1) is 16.7 Å². The summed E-state index contributed by atoms with van der Waals surface area (Å²) in [6.45, 7) is 4.36. The van der Waals surface area contributed by atoms with E-state index in [1.165, 1.54) is 5.56 Å². The van der Waals surface area contributed by atoms with E-state index in [0.29, 0.717) is 6.42 Å². The van der Waals surface area contributed by atoms with Gasteiger partial charge in [-0.05, 0) is 32.4 Å². The highest BCUT2D eigenvalue weighted by Crippen LogP contribution is 2.51. The number of carbonyl (C=O) groups is 1. The van der Waals surface area contributed by atoms with E-state index in [2.05, 4.69) is 43.4 Å². The number of nitrogens with one attached hydrogen (secondary N) is 1. The maximum atomic E-state index is 11.8. The summed E-state index contributed by atoms with van der Waals surface area (Å²) < 4.78 is 0. The second-order valence-electron chi connectivity index (χ2n) is 6.74. The maximum Gasteiger partial charge on any atom is 0.157 e. The molecular formula is C17H18N2O. The van der Waals surface area contributed by atoms with Crippen LogP contribution < -0.4 is 5.32 Å². The van der Waals surface area contributed by atoms with Crippen molar-refractivity contribution < 1.29 is 4.79 Å². The Labute approximate surface area is 118 Å². The molecule has 0 saturated heterocycles. The molecule has 102 valence electrons. The topological polar surface area (TPSA) is 41.5 Å². The first kappa shape index (κ1) is 11.9. The van der Waals surface area contributed by atoms with Gasteiger partial charge in [0.1, 0.15) is 0 Å². The van der Waals surface area contributed by atoms with Crippen LogP contribution in [0.1, 0.15) is 32.3 Å². The number of nitrogens with zero attached hydrogens (tertiary/aromatic N) is 1. The molecule has 3 nitrogen and oxygen atoms in total. The summed E-state index contributed by atoms with van der Waals surface area (Å²) in [7, 11) is 0. The van der Waals surface area contributed by atoms with Gasteiger partial charge in [-0.15, -0.1) is 0 Å². The third-order valence-electron chi connectivity index (χ3n) is 4.69. The molecule has 0 fully saturated rings. The Morgan fingerprint density at radius 2 is 2.10 bits per heavy atom. The van der Waals surface area contributed by atoms with Gasteiger partial charge in [0.25, 0.3) is 0 Å². The van der Waals surface area contributed by atoms with Gasteiger partial charge in [0, 0.05) is 23.7 Å². The van der Waals surface area contributed by atoms with E-state index in [1.54, 1.807) is 6.08 Å². The molecule has 1 N–H and O–H groups in total. The van der Waals surface area contributed by atoms with E-state index >= 15 is 0 Å². The van der Waals surface area contributed by atoms with Crippen LogP contribution in [-0.4, -0.2) is 23.1 Å². The van der Waals surface area contributed by atoms with E-state index < -0.39 is 0 Å². The number of benzene rings is 1. The number of carbonyl (C=O) groups excluding carboxylic acids is 1. The number of fused-ring (bicyclic) bond motifs is 2. The second kappa shape index (κ2) is 3.60. The fraction of sp³-hybridized carbons (Fsp3) is 0.412. The highest BCUT2D eigenvalue weighted by Gasteiger charge is 2.54. The van der Waals surface area contributed by atoms with Crippen LogP contribution in [0.3, 0.4) is 0 Å². The SMILES string of the molecule is CC1(C)C[C@]23C=CC(=O)C[C@H]2Nc2ccccc2C3=N1.